The third kappa shape index (κ3) is 10.1. The van der Waals surface area contributed by atoms with E-state index in [1.165, 1.54) is 0 Å². The molecule has 0 aromatic carbocycles. The topological polar surface area (TPSA) is 64.9 Å². The summed E-state index contributed by atoms with van der Waals surface area (Å²) in [4.78, 5) is 11.6. The summed E-state index contributed by atoms with van der Waals surface area (Å²) < 4.78 is 0. The monoisotopic (exact) mass is 253 g/mol. The SMILES string of the molecule is CC(C)(CCC#N)CNCCC(=O)NC(C)(C)C. The van der Waals surface area contributed by atoms with E-state index in [1.807, 2.05) is 20.8 Å². The summed E-state index contributed by atoms with van der Waals surface area (Å²) >= 11 is 0. The summed E-state index contributed by atoms with van der Waals surface area (Å²) in [6.45, 7) is 11.7. The van der Waals surface area contributed by atoms with Crippen molar-refractivity contribution in [1.29, 1.82) is 5.26 Å². The first kappa shape index (κ1) is 16.9. The molecule has 0 spiro atoms. The van der Waals surface area contributed by atoms with Gasteiger partial charge in [0, 0.05) is 31.5 Å². The molecule has 104 valence electrons. The maximum atomic E-state index is 11.6. The van der Waals surface area contributed by atoms with Gasteiger partial charge in [-0.25, -0.2) is 0 Å². The molecule has 0 aliphatic rings. The lowest BCUT2D eigenvalue weighted by molar-refractivity contribution is -0.122. The number of amides is 1. The van der Waals surface area contributed by atoms with Crippen molar-refractivity contribution in [3.05, 3.63) is 0 Å². The second-order valence-corrected chi connectivity index (χ2v) is 6.55. The van der Waals surface area contributed by atoms with Gasteiger partial charge >= 0.3 is 0 Å². The highest BCUT2D eigenvalue weighted by Gasteiger charge is 2.17. The fourth-order valence-corrected chi connectivity index (χ4v) is 1.59. The molecule has 0 rings (SSSR count). The Labute approximate surface area is 111 Å². The predicted molar refractivity (Wildman–Crippen MR) is 74.0 cm³/mol. The van der Waals surface area contributed by atoms with Gasteiger partial charge in [0.25, 0.3) is 0 Å². The highest BCUT2D eigenvalue weighted by molar-refractivity contribution is 5.76. The van der Waals surface area contributed by atoms with E-state index in [2.05, 4.69) is 30.6 Å². The van der Waals surface area contributed by atoms with Crippen LogP contribution in [0.5, 0.6) is 0 Å². The van der Waals surface area contributed by atoms with Crippen molar-refractivity contribution in [2.45, 2.75) is 59.4 Å². The number of hydrogen-bond donors (Lipinski definition) is 2. The maximum absolute atomic E-state index is 11.6. The second-order valence-electron chi connectivity index (χ2n) is 6.55. The molecule has 4 nitrogen and oxygen atoms in total. The summed E-state index contributed by atoms with van der Waals surface area (Å²) in [7, 11) is 0. The Hall–Kier alpha value is -1.08. The van der Waals surface area contributed by atoms with Gasteiger partial charge in [-0.3, -0.25) is 4.79 Å². The highest BCUT2D eigenvalue weighted by Crippen LogP contribution is 2.20. The molecule has 0 radical (unpaired) electrons. The lowest BCUT2D eigenvalue weighted by atomic mass is 9.88. The summed E-state index contributed by atoms with van der Waals surface area (Å²) in [6, 6.07) is 2.17. The molecule has 0 saturated carbocycles. The molecule has 18 heavy (non-hydrogen) atoms. The minimum Gasteiger partial charge on any atom is -0.351 e. The first-order valence-corrected chi connectivity index (χ1v) is 6.55. The van der Waals surface area contributed by atoms with E-state index >= 15 is 0 Å². The van der Waals surface area contributed by atoms with Gasteiger partial charge in [-0.15, -0.1) is 0 Å². The smallest absolute Gasteiger partial charge is 0.221 e. The molecule has 0 aromatic rings. The van der Waals surface area contributed by atoms with Crippen molar-refractivity contribution >= 4 is 5.91 Å². The van der Waals surface area contributed by atoms with Crippen LogP contribution in [0.25, 0.3) is 0 Å². The van der Waals surface area contributed by atoms with Gasteiger partial charge in [0.2, 0.25) is 5.91 Å². The number of rotatable bonds is 7. The van der Waals surface area contributed by atoms with E-state index in [1.54, 1.807) is 0 Å². The van der Waals surface area contributed by atoms with Gasteiger partial charge in [0.05, 0.1) is 6.07 Å². The zero-order valence-corrected chi connectivity index (χ0v) is 12.4. The van der Waals surface area contributed by atoms with Crippen LogP contribution in [-0.2, 0) is 4.79 Å². The summed E-state index contributed by atoms with van der Waals surface area (Å²) in [5.41, 5.74) is -0.0562. The molecule has 0 saturated heterocycles. The number of nitrogens with one attached hydrogen (secondary N) is 2. The second kappa shape index (κ2) is 7.38. The van der Waals surface area contributed by atoms with E-state index in [9.17, 15) is 4.79 Å². The van der Waals surface area contributed by atoms with Crippen LogP contribution in [0.3, 0.4) is 0 Å². The van der Waals surface area contributed by atoms with Crippen molar-refractivity contribution in [3.63, 3.8) is 0 Å². The standard InChI is InChI=1S/C14H27N3O/c1-13(2,3)17-12(18)7-10-16-11-14(4,5)8-6-9-15/h16H,6-8,10-11H2,1-5H3,(H,17,18). The van der Waals surface area contributed by atoms with Crippen LogP contribution in [0.15, 0.2) is 0 Å². The molecule has 0 atom stereocenters. The highest BCUT2D eigenvalue weighted by atomic mass is 16.1. The number of carbonyl (C=O) groups excluding carboxylic acids is 1. The molecule has 0 aromatic heterocycles. The van der Waals surface area contributed by atoms with Crippen LogP contribution >= 0.6 is 0 Å². The molecule has 4 heteroatoms. The molecule has 0 aliphatic carbocycles. The zero-order chi connectivity index (χ0) is 14.2. The average Bonchev–Trinajstić information content (AvgIpc) is 2.19. The Morgan fingerprint density at radius 2 is 1.83 bits per heavy atom. The maximum Gasteiger partial charge on any atom is 0.221 e. The fourth-order valence-electron chi connectivity index (χ4n) is 1.59. The molecular formula is C14H27N3O. The van der Waals surface area contributed by atoms with Crippen LogP contribution < -0.4 is 10.6 Å². The molecule has 2 N–H and O–H groups in total. The molecule has 0 unspecified atom stereocenters. The summed E-state index contributed by atoms with van der Waals surface area (Å²) in [5, 5.41) is 14.8. The van der Waals surface area contributed by atoms with Crippen molar-refractivity contribution in [3.8, 4) is 6.07 Å². The molecule has 0 aliphatic heterocycles. The Morgan fingerprint density at radius 3 is 2.33 bits per heavy atom. The van der Waals surface area contributed by atoms with Gasteiger partial charge in [0.15, 0.2) is 0 Å². The first-order chi connectivity index (χ1) is 8.16. The minimum absolute atomic E-state index is 0.0739. The number of hydrogen-bond acceptors (Lipinski definition) is 3. The minimum atomic E-state index is -0.164. The van der Waals surface area contributed by atoms with Crippen LogP contribution in [0, 0.1) is 16.7 Å². The zero-order valence-electron chi connectivity index (χ0n) is 12.4. The lowest BCUT2D eigenvalue weighted by Crippen LogP contribution is -2.42. The largest absolute Gasteiger partial charge is 0.351 e. The Morgan fingerprint density at radius 1 is 1.22 bits per heavy atom. The Kier molecular flexibility index (Phi) is 6.93. The quantitative estimate of drug-likeness (QED) is 0.684. The molecular weight excluding hydrogens is 226 g/mol. The van der Waals surface area contributed by atoms with Gasteiger partial charge in [-0.2, -0.15) is 5.26 Å². The first-order valence-electron chi connectivity index (χ1n) is 6.55. The van der Waals surface area contributed by atoms with Gasteiger partial charge in [-0.05, 0) is 32.6 Å². The lowest BCUT2D eigenvalue weighted by Gasteiger charge is -2.24. The van der Waals surface area contributed by atoms with Crippen molar-refractivity contribution in [2.24, 2.45) is 5.41 Å². The van der Waals surface area contributed by atoms with Crippen LogP contribution in [-0.4, -0.2) is 24.5 Å². The Balaban J connectivity index is 3.74. The van der Waals surface area contributed by atoms with Gasteiger partial charge in [-0.1, -0.05) is 13.8 Å². The van der Waals surface area contributed by atoms with E-state index in [4.69, 9.17) is 5.26 Å². The number of carbonyl (C=O) groups is 1. The predicted octanol–water partition coefficient (Wildman–Crippen LogP) is 2.21. The van der Waals surface area contributed by atoms with Crippen LogP contribution in [0.4, 0.5) is 0 Å². The molecule has 0 bridgehead atoms. The number of nitriles is 1. The van der Waals surface area contributed by atoms with Crippen molar-refractivity contribution < 1.29 is 4.79 Å². The average molecular weight is 253 g/mol. The van der Waals surface area contributed by atoms with Gasteiger partial charge in [0.1, 0.15) is 0 Å². The van der Waals surface area contributed by atoms with E-state index in [-0.39, 0.29) is 16.9 Å². The summed E-state index contributed by atoms with van der Waals surface area (Å²) in [5.74, 6) is 0.0739. The fraction of sp³-hybridized carbons (Fsp3) is 0.857. The summed E-state index contributed by atoms with van der Waals surface area (Å²) in [6.07, 6.45) is 1.95. The van der Waals surface area contributed by atoms with E-state index in [0.717, 1.165) is 13.0 Å². The molecule has 0 heterocycles. The third-order valence-electron chi connectivity index (χ3n) is 2.56. The van der Waals surface area contributed by atoms with E-state index < -0.39 is 0 Å². The normalized spacial score (nSPS) is 12.0. The number of nitrogens with zero attached hydrogens (tertiary/aromatic N) is 1. The van der Waals surface area contributed by atoms with E-state index in [0.29, 0.717) is 19.4 Å². The molecule has 0 fully saturated rings. The molecule has 1 amide bonds. The van der Waals surface area contributed by atoms with Crippen LogP contribution in [0.1, 0.15) is 53.9 Å². The van der Waals surface area contributed by atoms with Crippen LogP contribution in [0.2, 0.25) is 0 Å². The Bertz CT molecular complexity index is 297. The van der Waals surface area contributed by atoms with Crippen molar-refractivity contribution in [2.75, 3.05) is 13.1 Å². The third-order valence-corrected chi connectivity index (χ3v) is 2.56. The van der Waals surface area contributed by atoms with Gasteiger partial charge < -0.3 is 10.6 Å². The van der Waals surface area contributed by atoms with Crippen molar-refractivity contribution in [1.82, 2.24) is 10.6 Å².